The predicted octanol–water partition coefficient (Wildman–Crippen LogP) is 3.69. The molecule has 0 bridgehead atoms. The summed E-state index contributed by atoms with van der Waals surface area (Å²) in [5.41, 5.74) is 4.37. The summed E-state index contributed by atoms with van der Waals surface area (Å²) in [6, 6.07) is 16.1. The van der Waals surface area contributed by atoms with Crippen molar-refractivity contribution >= 4 is 23.2 Å². The number of nitrogens with one attached hydrogen (secondary N) is 1. The Morgan fingerprint density at radius 3 is 2.52 bits per heavy atom. The minimum Gasteiger partial charge on any atom is -0.323 e. The van der Waals surface area contributed by atoms with Gasteiger partial charge in [-0.2, -0.15) is 4.68 Å². The van der Waals surface area contributed by atoms with Crippen LogP contribution in [0.3, 0.4) is 0 Å². The smallest absolute Gasteiger partial charge is 0.248 e. The summed E-state index contributed by atoms with van der Waals surface area (Å²) in [5, 5.41) is 15.9. The number of hydrogen-bond donors (Lipinski definition) is 1. The largest absolute Gasteiger partial charge is 0.323 e. The molecule has 3 aromatic rings. The molecule has 0 saturated carbocycles. The van der Waals surface area contributed by atoms with Gasteiger partial charge in [0.25, 0.3) is 0 Å². The van der Waals surface area contributed by atoms with Gasteiger partial charge in [0.2, 0.25) is 5.95 Å². The van der Waals surface area contributed by atoms with Crippen molar-refractivity contribution in [3.63, 3.8) is 0 Å². The van der Waals surface area contributed by atoms with Crippen molar-refractivity contribution in [1.29, 1.82) is 0 Å². The topological polar surface area (TPSA) is 55.6 Å². The number of fused-ring (bicyclic) bond motifs is 1. The Kier molecular flexibility index (Phi) is 3.35. The monoisotopic (exact) mass is 323 g/mol. The molecule has 0 spiro atoms. The fraction of sp³-hybridized carbons (Fsp3) is 0.118. The lowest BCUT2D eigenvalue weighted by atomic mass is 10.0. The normalized spacial score (nSPS) is 16.4. The summed E-state index contributed by atoms with van der Waals surface area (Å²) in [6.07, 6.45) is 2.12. The number of nitrogens with zero attached hydrogens (tertiary/aromatic N) is 4. The SMILES string of the molecule is Cc1ccc([C@H]2C=C(c3ccc(Cl)cc3)Nc3nnnn32)cc1. The van der Waals surface area contributed by atoms with Crippen LogP contribution >= 0.6 is 11.6 Å². The highest BCUT2D eigenvalue weighted by molar-refractivity contribution is 6.30. The number of tetrazole rings is 1. The maximum atomic E-state index is 5.98. The highest BCUT2D eigenvalue weighted by Gasteiger charge is 2.24. The summed E-state index contributed by atoms with van der Waals surface area (Å²) in [6.45, 7) is 2.07. The molecular weight excluding hydrogens is 310 g/mol. The third-order valence-corrected chi connectivity index (χ3v) is 4.15. The first-order valence-corrected chi connectivity index (χ1v) is 7.68. The van der Waals surface area contributed by atoms with Crippen LogP contribution in [0.15, 0.2) is 54.6 Å². The molecule has 0 aliphatic carbocycles. The number of anilines is 1. The van der Waals surface area contributed by atoms with E-state index < -0.39 is 0 Å². The van der Waals surface area contributed by atoms with E-state index in [9.17, 15) is 0 Å². The first kappa shape index (κ1) is 14.0. The maximum Gasteiger partial charge on any atom is 0.248 e. The molecule has 2 aromatic carbocycles. The van der Waals surface area contributed by atoms with Crippen LogP contribution < -0.4 is 5.32 Å². The molecule has 0 amide bonds. The third-order valence-electron chi connectivity index (χ3n) is 3.90. The van der Waals surface area contributed by atoms with Crippen LogP contribution in [0.25, 0.3) is 5.70 Å². The van der Waals surface area contributed by atoms with E-state index in [0.717, 1.165) is 16.8 Å². The third kappa shape index (κ3) is 2.59. The van der Waals surface area contributed by atoms with Crippen molar-refractivity contribution in [3.8, 4) is 0 Å². The number of aromatic nitrogens is 4. The van der Waals surface area contributed by atoms with Crippen LogP contribution in [0, 0.1) is 6.92 Å². The van der Waals surface area contributed by atoms with E-state index >= 15 is 0 Å². The van der Waals surface area contributed by atoms with Crippen molar-refractivity contribution in [2.45, 2.75) is 13.0 Å². The summed E-state index contributed by atoms with van der Waals surface area (Å²) in [5.74, 6) is 0.628. The molecule has 1 aromatic heterocycles. The Bertz CT molecular complexity index is 865. The van der Waals surface area contributed by atoms with Gasteiger partial charge in [0.1, 0.15) is 6.04 Å². The zero-order valence-corrected chi connectivity index (χ0v) is 13.2. The van der Waals surface area contributed by atoms with E-state index in [1.54, 1.807) is 4.68 Å². The van der Waals surface area contributed by atoms with E-state index in [2.05, 4.69) is 58.1 Å². The molecule has 5 nitrogen and oxygen atoms in total. The molecule has 1 aliphatic heterocycles. The summed E-state index contributed by atoms with van der Waals surface area (Å²) in [4.78, 5) is 0. The molecule has 6 heteroatoms. The van der Waals surface area contributed by atoms with Crippen molar-refractivity contribution in [2.24, 2.45) is 0 Å². The van der Waals surface area contributed by atoms with Gasteiger partial charge in [-0.3, -0.25) is 0 Å². The van der Waals surface area contributed by atoms with Gasteiger partial charge in [-0.25, -0.2) is 0 Å². The van der Waals surface area contributed by atoms with E-state index in [-0.39, 0.29) is 6.04 Å². The molecule has 1 aliphatic rings. The minimum absolute atomic E-state index is 0.0486. The van der Waals surface area contributed by atoms with E-state index in [0.29, 0.717) is 11.0 Å². The second-order valence-corrected chi connectivity index (χ2v) is 5.95. The van der Waals surface area contributed by atoms with Crippen molar-refractivity contribution < 1.29 is 0 Å². The number of halogens is 1. The Balaban J connectivity index is 1.79. The second kappa shape index (κ2) is 5.52. The second-order valence-electron chi connectivity index (χ2n) is 5.51. The van der Waals surface area contributed by atoms with E-state index in [1.807, 2.05) is 24.3 Å². The van der Waals surface area contributed by atoms with Crippen LogP contribution in [-0.4, -0.2) is 20.2 Å². The molecule has 0 unspecified atom stereocenters. The lowest BCUT2D eigenvalue weighted by Gasteiger charge is -2.23. The zero-order chi connectivity index (χ0) is 15.8. The quantitative estimate of drug-likeness (QED) is 0.781. The maximum absolute atomic E-state index is 5.98. The molecule has 2 heterocycles. The van der Waals surface area contributed by atoms with Crippen molar-refractivity contribution in [3.05, 3.63) is 76.3 Å². The predicted molar refractivity (Wildman–Crippen MR) is 90.2 cm³/mol. The fourth-order valence-corrected chi connectivity index (χ4v) is 2.78. The molecule has 0 radical (unpaired) electrons. The number of aryl methyl sites for hydroxylation is 1. The lowest BCUT2D eigenvalue weighted by Crippen LogP contribution is -2.20. The fourth-order valence-electron chi connectivity index (χ4n) is 2.65. The molecule has 23 heavy (non-hydrogen) atoms. The number of hydrogen-bond acceptors (Lipinski definition) is 4. The van der Waals surface area contributed by atoms with Crippen molar-refractivity contribution in [1.82, 2.24) is 20.2 Å². The highest BCUT2D eigenvalue weighted by atomic mass is 35.5. The zero-order valence-electron chi connectivity index (χ0n) is 12.4. The van der Waals surface area contributed by atoms with Gasteiger partial charge < -0.3 is 5.32 Å². The van der Waals surface area contributed by atoms with Crippen molar-refractivity contribution in [2.75, 3.05) is 5.32 Å². The molecule has 0 fully saturated rings. The Labute approximate surface area is 138 Å². The van der Waals surface area contributed by atoms with E-state index in [4.69, 9.17) is 11.6 Å². The summed E-state index contributed by atoms with van der Waals surface area (Å²) in [7, 11) is 0. The molecule has 1 atom stereocenters. The van der Waals surface area contributed by atoms with Gasteiger partial charge >= 0.3 is 0 Å². The van der Waals surface area contributed by atoms with Crippen LogP contribution in [0.5, 0.6) is 0 Å². The van der Waals surface area contributed by atoms with Gasteiger partial charge in [-0.05, 0) is 46.7 Å². The Morgan fingerprint density at radius 1 is 1.04 bits per heavy atom. The Hall–Kier alpha value is -2.66. The number of rotatable bonds is 2. The van der Waals surface area contributed by atoms with Crippen LogP contribution in [0.1, 0.15) is 22.7 Å². The van der Waals surface area contributed by atoms with Gasteiger partial charge in [-0.1, -0.05) is 58.7 Å². The number of allylic oxidation sites excluding steroid dienone is 1. The summed E-state index contributed by atoms with van der Waals surface area (Å²) >= 11 is 5.98. The van der Waals surface area contributed by atoms with Crippen LogP contribution in [0.2, 0.25) is 5.02 Å². The minimum atomic E-state index is -0.0486. The molecule has 114 valence electrons. The molecule has 4 rings (SSSR count). The van der Waals surface area contributed by atoms with Crippen LogP contribution in [-0.2, 0) is 0 Å². The lowest BCUT2D eigenvalue weighted by molar-refractivity contribution is 0.586. The Morgan fingerprint density at radius 2 is 1.78 bits per heavy atom. The molecule has 1 N–H and O–H groups in total. The average Bonchev–Trinajstić information content (AvgIpc) is 3.04. The van der Waals surface area contributed by atoms with Gasteiger partial charge in [0.15, 0.2) is 0 Å². The molecule has 0 saturated heterocycles. The average molecular weight is 324 g/mol. The highest BCUT2D eigenvalue weighted by Crippen LogP contribution is 2.31. The van der Waals surface area contributed by atoms with Crippen LogP contribution in [0.4, 0.5) is 5.95 Å². The first-order valence-electron chi connectivity index (χ1n) is 7.30. The summed E-state index contributed by atoms with van der Waals surface area (Å²) < 4.78 is 1.78. The standard InChI is InChI=1S/C17H14ClN5/c1-11-2-4-13(5-3-11)16-10-15(12-6-8-14(18)9-7-12)19-17-20-21-22-23(16)17/h2-10,16H,1H3,(H,19,20,22)/t16-/m1/s1. The van der Waals surface area contributed by atoms with Gasteiger partial charge in [0, 0.05) is 10.7 Å². The van der Waals surface area contributed by atoms with E-state index in [1.165, 1.54) is 5.56 Å². The first-order chi connectivity index (χ1) is 11.2. The molecular formula is C17H14ClN5. The number of benzene rings is 2. The van der Waals surface area contributed by atoms with Gasteiger partial charge in [0.05, 0.1) is 0 Å². The van der Waals surface area contributed by atoms with Gasteiger partial charge in [-0.15, -0.1) is 0 Å².